The lowest BCUT2D eigenvalue weighted by molar-refractivity contribution is 0.0694. The van der Waals surface area contributed by atoms with Crippen molar-refractivity contribution in [3.63, 3.8) is 0 Å². The largest absolute Gasteiger partial charge is 0.497 e. The highest BCUT2D eigenvalue weighted by molar-refractivity contribution is 6.33. The first-order valence-electron chi connectivity index (χ1n) is 8.68. The van der Waals surface area contributed by atoms with Crippen molar-refractivity contribution in [1.29, 1.82) is 0 Å². The predicted octanol–water partition coefficient (Wildman–Crippen LogP) is 3.52. The Morgan fingerprint density at radius 2 is 1.81 bits per heavy atom. The Hall–Kier alpha value is -2.60. The minimum Gasteiger partial charge on any atom is -0.497 e. The van der Waals surface area contributed by atoms with Gasteiger partial charge in [0.05, 0.1) is 17.7 Å². The van der Waals surface area contributed by atoms with Gasteiger partial charge in [0.15, 0.2) is 0 Å². The summed E-state index contributed by atoms with van der Waals surface area (Å²) in [5.74, 6) is -0.523. The maximum atomic E-state index is 13.9. The molecule has 0 aliphatic carbocycles. The lowest BCUT2D eigenvalue weighted by atomic mass is 10.0. The summed E-state index contributed by atoms with van der Waals surface area (Å²) in [5, 5.41) is 3.08. The highest BCUT2D eigenvalue weighted by atomic mass is 35.5. The van der Waals surface area contributed by atoms with Gasteiger partial charge in [0.1, 0.15) is 11.6 Å². The molecule has 1 aliphatic rings. The van der Waals surface area contributed by atoms with Crippen LogP contribution in [-0.4, -0.2) is 43.0 Å². The lowest BCUT2D eigenvalue weighted by Gasteiger charge is -2.32. The minimum absolute atomic E-state index is 0.0419. The van der Waals surface area contributed by atoms with Gasteiger partial charge in [-0.3, -0.25) is 9.59 Å². The second-order valence-corrected chi connectivity index (χ2v) is 6.77. The van der Waals surface area contributed by atoms with Crippen LogP contribution in [0.4, 0.5) is 4.39 Å². The second-order valence-electron chi connectivity index (χ2n) is 6.37. The summed E-state index contributed by atoms with van der Waals surface area (Å²) < 4.78 is 19.0. The molecule has 7 heteroatoms. The van der Waals surface area contributed by atoms with E-state index in [0.29, 0.717) is 37.2 Å². The van der Waals surface area contributed by atoms with Crippen molar-refractivity contribution in [2.24, 2.45) is 0 Å². The van der Waals surface area contributed by atoms with E-state index >= 15 is 0 Å². The molecule has 0 aromatic heterocycles. The monoisotopic (exact) mass is 390 g/mol. The number of carbonyl (C=O) groups is 2. The number of rotatable bonds is 4. The number of nitrogens with zero attached hydrogens (tertiary/aromatic N) is 1. The normalized spacial score (nSPS) is 14.7. The van der Waals surface area contributed by atoms with Gasteiger partial charge in [0.25, 0.3) is 11.8 Å². The molecule has 0 unspecified atom stereocenters. The molecule has 2 amide bonds. The van der Waals surface area contributed by atoms with Gasteiger partial charge in [0.2, 0.25) is 0 Å². The zero-order chi connectivity index (χ0) is 19.4. The van der Waals surface area contributed by atoms with Crippen LogP contribution in [0.2, 0.25) is 5.02 Å². The van der Waals surface area contributed by atoms with Crippen LogP contribution in [0, 0.1) is 5.82 Å². The van der Waals surface area contributed by atoms with Crippen molar-refractivity contribution in [2.45, 2.75) is 18.9 Å². The van der Waals surface area contributed by atoms with Crippen molar-refractivity contribution in [3.8, 4) is 5.75 Å². The van der Waals surface area contributed by atoms with Gasteiger partial charge in [-0.2, -0.15) is 0 Å². The molecule has 1 fully saturated rings. The van der Waals surface area contributed by atoms with Crippen molar-refractivity contribution in [1.82, 2.24) is 10.2 Å². The number of nitrogens with one attached hydrogen (secondary N) is 1. The number of methoxy groups -OCH3 is 1. The van der Waals surface area contributed by atoms with E-state index in [2.05, 4.69) is 5.32 Å². The highest BCUT2D eigenvalue weighted by Gasteiger charge is 2.27. The third-order valence-corrected chi connectivity index (χ3v) is 4.96. The quantitative estimate of drug-likeness (QED) is 0.868. The van der Waals surface area contributed by atoms with Gasteiger partial charge >= 0.3 is 0 Å². The number of halogens is 2. The number of hydrogen-bond acceptors (Lipinski definition) is 3. The third-order valence-electron chi connectivity index (χ3n) is 4.65. The molecule has 2 aromatic rings. The summed E-state index contributed by atoms with van der Waals surface area (Å²) in [7, 11) is 1.57. The van der Waals surface area contributed by atoms with E-state index in [4.69, 9.17) is 16.3 Å². The average Bonchev–Trinajstić information content (AvgIpc) is 2.68. The van der Waals surface area contributed by atoms with Crippen LogP contribution in [0.25, 0.3) is 0 Å². The van der Waals surface area contributed by atoms with Crippen molar-refractivity contribution in [3.05, 3.63) is 64.4 Å². The molecule has 1 saturated heterocycles. The Labute approximate surface area is 162 Å². The molecule has 0 radical (unpaired) electrons. The second kappa shape index (κ2) is 8.39. The molecule has 1 heterocycles. The molecule has 0 atom stereocenters. The average molecular weight is 391 g/mol. The fraction of sp³-hybridized carbons (Fsp3) is 0.300. The summed E-state index contributed by atoms with van der Waals surface area (Å²) >= 11 is 5.98. The fourth-order valence-electron chi connectivity index (χ4n) is 3.10. The highest BCUT2D eigenvalue weighted by Crippen LogP contribution is 2.23. The van der Waals surface area contributed by atoms with E-state index in [0.717, 1.165) is 0 Å². The molecule has 2 aromatic carbocycles. The van der Waals surface area contributed by atoms with Gasteiger partial charge in [-0.15, -0.1) is 0 Å². The Morgan fingerprint density at radius 3 is 2.41 bits per heavy atom. The first kappa shape index (κ1) is 19.2. The van der Waals surface area contributed by atoms with E-state index in [1.807, 2.05) is 0 Å². The Morgan fingerprint density at radius 1 is 1.15 bits per heavy atom. The Balaban J connectivity index is 1.57. The minimum atomic E-state index is -0.623. The van der Waals surface area contributed by atoms with Gasteiger partial charge in [0, 0.05) is 24.7 Å². The van der Waals surface area contributed by atoms with Crippen LogP contribution >= 0.6 is 11.6 Å². The van der Waals surface area contributed by atoms with E-state index in [-0.39, 0.29) is 22.5 Å². The summed E-state index contributed by atoms with van der Waals surface area (Å²) in [6.07, 6.45) is 1.19. The number of ether oxygens (including phenoxy) is 1. The molecule has 5 nitrogen and oxygen atoms in total. The van der Waals surface area contributed by atoms with Gasteiger partial charge in [-0.1, -0.05) is 17.7 Å². The van der Waals surface area contributed by atoms with E-state index in [9.17, 15) is 14.0 Å². The van der Waals surface area contributed by atoms with Gasteiger partial charge in [-0.05, 0) is 49.2 Å². The fourth-order valence-corrected chi connectivity index (χ4v) is 3.34. The van der Waals surface area contributed by atoms with Crippen molar-refractivity contribution in [2.75, 3.05) is 20.2 Å². The first-order valence-corrected chi connectivity index (χ1v) is 9.05. The maximum absolute atomic E-state index is 13.9. The van der Waals surface area contributed by atoms with E-state index < -0.39 is 11.7 Å². The number of hydrogen-bond donors (Lipinski definition) is 1. The van der Waals surface area contributed by atoms with Crippen LogP contribution < -0.4 is 10.1 Å². The van der Waals surface area contributed by atoms with Crippen LogP contribution in [0.15, 0.2) is 42.5 Å². The number of likely N-dealkylation sites (tertiary alicyclic amines) is 1. The van der Waals surface area contributed by atoms with Crippen molar-refractivity contribution < 1.29 is 18.7 Å². The molecule has 1 N–H and O–H groups in total. The summed E-state index contributed by atoms with van der Waals surface area (Å²) in [6, 6.07) is 11.0. The molecule has 1 aliphatic heterocycles. The topological polar surface area (TPSA) is 58.6 Å². The van der Waals surface area contributed by atoms with Gasteiger partial charge in [-0.25, -0.2) is 4.39 Å². The SMILES string of the molecule is COc1ccc(C(=O)NC2CCN(C(=O)c3c(F)cccc3Cl)CC2)cc1. The molecule has 0 saturated carbocycles. The summed E-state index contributed by atoms with van der Waals surface area (Å²) in [4.78, 5) is 26.5. The molecule has 27 heavy (non-hydrogen) atoms. The zero-order valence-corrected chi connectivity index (χ0v) is 15.6. The molecule has 0 spiro atoms. The van der Waals surface area contributed by atoms with E-state index in [1.165, 1.54) is 18.2 Å². The molecular weight excluding hydrogens is 371 g/mol. The Kier molecular flexibility index (Phi) is 5.96. The number of carbonyl (C=O) groups excluding carboxylic acids is 2. The summed E-state index contributed by atoms with van der Waals surface area (Å²) in [6.45, 7) is 0.855. The lowest BCUT2D eigenvalue weighted by Crippen LogP contribution is -2.46. The van der Waals surface area contributed by atoms with Crippen LogP contribution in [0.3, 0.4) is 0 Å². The van der Waals surface area contributed by atoms with Gasteiger partial charge < -0.3 is 15.0 Å². The smallest absolute Gasteiger partial charge is 0.258 e. The van der Waals surface area contributed by atoms with Crippen LogP contribution in [-0.2, 0) is 0 Å². The maximum Gasteiger partial charge on any atom is 0.258 e. The standard InChI is InChI=1S/C20H20ClFN2O3/c1-27-15-7-5-13(6-8-15)19(25)23-14-9-11-24(12-10-14)20(26)18-16(21)3-2-4-17(18)22/h2-8,14H,9-12H2,1H3,(H,23,25). The first-order chi connectivity index (χ1) is 13.0. The number of amides is 2. The molecule has 3 rings (SSSR count). The molecule has 0 bridgehead atoms. The molecular formula is C20H20ClFN2O3. The predicted molar refractivity (Wildman–Crippen MR) is 101 cm³/mol. The Bertz CT molecular complexity index is 813. The van der Waals surface area contributed by atoms with E-state index in [1.54, 1.807) is 36.3 Å². The third kappa shape index (κ3) is 4.39. The van der Waals surface area contributed by atoms with Crippen LogP contribution in [0.1, 0.15) is 33.6 Å². The summed E-state index contributed by atoms with van der Waals surface area (Å²) in [5.41, 5.74) is 0.451. The van der Waals surface area contributed by atoms with Crippen LogP contribution in [0.5, 0.6) is 5.75 Å². The number of piperidine rings is 1. The number of benzene rings is 2. The zero-order valence-electron chi connectivity index (χ0n) is 14.9. The van der Waals surface area contributed by atoms with Crippen molar-refractivity contribution >= 4 is 23.4 Å². The molecule has 142 valence electrons.